The molecule has 1 atom stereocenters. The number of thioether (sulfide) groups is 1. The van der Waals surface area contributed by atoms with Gasteiger partial charge in [0.05, 0.1) is 12.6 Å². The molecule has 0 fully saturated rings. The number of benzene rings is 3. The van der Waals surface area contributed by atoms with Crippen LogP contribution in [0.2, 0.25) is 0 Å². The summed E-state index contributed by atoms with van der Waals surface area (Å²) < 4.78 is 0. The minimum Gasteiger partial charge on any atom is -0.325 e. The van der Waals surface area contributed by atoms with Gasteiger partial charge >= 0.3 is 0 Å². The molecule has 0 heterocycles. The molecule has 3 aromatic carbocycles. The van der Waals surface area contributed by atoms with E-state index in [9.17, 15) is 4.79 Å². The summed E-state index contributed by atoms with van der Waals surface area (Å²) in [5, 5.41) is 6.37. The Bertz CT molecular complexity index is 878. The Morgan fingerprint density at radius 2 is 1.63 bits per heavy atom. The van der Waals surface area contributed by atoms with Gasteiger partial charge in [-0.3, -0.25) is 10.1 Å². The lowest BCUT2D eigenvalue weighted by Crippen LogP contribution is -2.31. The summed E-state index contributed by atoms with van der Waals surface area (Å²) in [6.45, 7) is 2.31. The summed E-state index contributed by atoms with van der Waals surface area (Å²) in [5.74, 6) is -0.0544. The van der Waals surface area contributed by atoms with Crippen molar-refractivity contribution >= 4 is 23.4 Å². The average Bonchev–Trinajstić information content (AvgIpc) is 2.70. The van der Waals surface area contributed by atoms with Crippen molar-refractivity contribution in [2.45, 2.75) is 17.9 Å². The van der Waals surface area contributed by atoms with Crippen molar-refractivity contribution in [1.82, 2.24) is 5.32 Å². The molecular formula is C23H24N2OS. The second-order valence-corrected chi connectivity index (χ2v) is 7.30. The molecule has 0 spiro atoms. The van der Waals surface area contributed by atoms with E-state index in [-0.39, 0.29) is 18.5 Å². The molecule has 4 heteroatoms. The zero-order valence-corrected chi connectivity index (χ0v) is 16.4. The second kappa shape index (κ2) is 9.40. The molecule has 3 nitrogen and oxygen atoms in total. The number of hydrogen-bond acceptors (Lipinski definition) is 3. The fourth-order valence-electron chi connectivity index (χ4n) is 2.93. The van der Waals surface area contributed by atoms with Crippen LogP contribution in [0, 0.1) is 6.92 Å². The topological polar surface area (TPSA) is 41.1 Å². The maximum atomic E-state index is 12.5. The third-order valence-corrected chi connectivity index (χ3v) is 5.09. The molecule has 0 unspecified atom stereocenters. The zero-order chi connectivity index (χ0) is 19.1. The van der Waals surface area contributed by atoms with Crippen LogP contribution in [0.3, 0.4) is 0 Å². The molecule has 1 amide bonds. The van der Waals surface area contributed by atoms with Gasteiger partial charge in [-0.05, 0) is 42.5 Å². The van der Waals surface area contributed by atoms with Crippen LogP contribution >= 0.6 is 11.8 Å². The van der Waals surface area contributed by atoms with Crippen LogP contribution in [-0.2, 0) is 4.79 Å². The highest BCUT2D eigenvalue weighted by Gasteiger charge is 2.15. The van der Waals surface area contributed by atoms with Crippen molar-refractivity contribution in [3.63, 3.8) is 0 Å². The fourth-order valence-corrected chi connectivity index (χ4v) is 3.39. The smallest absolute Gasteiger partial charge is 0.238 e. The predicted molar refractivity (Wildman–Crippen MR) is 114 cm³/mol. The van der Waals surface area contributed by atoms with Gasteiger partial charge < -0.3 is 5.32 Å². The Balaban J connectivity index is 1.70. The summed E-state index contributed by atoms with van der Waals surface area (Å²) in [7, 11) is 0. The van der Waals surface area contributed by atoms with Crippen LogP contribution in [0.4, 0.5) is 5.69 Å². The highest BCUT2D eigenvalue weighted by Crippen LogP contribution is 2.22. The van der Waals surface area contributed by atoms with Gasteiger partial charge in [0.2, 0.25) is 5.91 Å². The fraction of sp³-hybridized carbons (Fsp3) is 0.174. The Labute approximate surface area is 165 Å². The maximum absolute atomic E-state index is 12.5. The third-order valence-electron chi connectivity index (χ3n) is 4.36. The quantitative estimate of drug-likeness (QED) is 0.568. The van der Waals surface area contributed by atoms with Gasteiger partial charge in [-0.25, -0.2) is 0 Å². The average molecular weight is 377 g/mol. The summed E-state index contributed by atoms with van der Waals surface area (Å²) >= 11 is 1.66. The first-order valence-electron chi connectivity index (χ1n) is 8.94. The number of aryl methyl sites for hydroxylation is 1. The van der Waals surface area contributed by atoms with E-state index in [1.165, 1.54) is 5.56 Å². The second-order valence-electron chi connectivity index (χ2n) is 6.42. The molecular weight excluding hydrogens is 352 g/mol. The third kappa shape index (κ3) is 5.46. The van der Waals surface area contributed by atoms with Gasteiger partial charge in [-0.2, -0.15) is 0 Å². The number of amides is 1. The molecule has 0 saturated heterocycles. The molecule has 0 aliphatic heterocycles. The highest BCUT2D eigenvalue weighted by atomic mass is 32.2. The monoisotopic (exact) mass is 376 g/mol. The van der Waals surface area contributed by atoms with Crippen LogP contribution in [-0.4, -0.2) is 18.7 Å². The van der Waals surface area contributed by atoms with Gasteiger partial charge in [0.1, 0.15) is 0 Å². The lowest BCUT2D eigenvalue weighted by atomic mass is 9.98. The molecule has 0 aliphatic carbocycles. The van der Waals surface area contributed by atoms with Crippen molar-refractivity contribution in [3.05, 3.63) is 95.6 Å². The van der Waals surface area contributed by atoms with Gasteiger partial charge in [-0.1, -0.05) is 66.2 Å². The van der Waals surface area contributed by atoms with Crippen LogP contribution in [0.1, 0.15) is 22.7 Å². The molecule has 0 aromatic heterocycles. The van der Waals surface area contributed by atoms with E-state index < -0.39 is 0 Å². The van der Waals surface area contributed by atoms with Gasteiger partial charge in [0.25, 0.3) is 0 Å². The van der Waals surface area contributed by atoms with E-state index in [0.717, 1.165) is 21.7 Å². The van der Waals surface area contributed by atoms with E-state index in [4.69, 9.17) is 0 Å². The largest absolute Gasteiger partial charge is 0.325 e. The first-order chi connectivity index (χ1) is 13.2. The normalized spacial score (nSPS) is 11.8. The van der Waals surface area contributed by atoms with Gasteiger partial charge in [0, 0.05) is 10.6 Å². The summed E-state index contributed by atoms with van der Waals surface area (Å²) in [6.07, 6.45) is 2.02. The van der Waals surface area contributed by atoms with E-state index in [0.29, 0.717) is 0 Å². The van der Waals surface area contributed by atoms with E-state index >= 15 is 0 Å². The van der Waals surface area contributed by atoms with E-state index in [2.05, 4.69) is 54.0 Å². The molecule has 0 aliphatic rings. The standard InChI is InChI=1S/C23H24N2OS/c1-17-11-13-19(14-12-17)23(18-7-4-3-5-8-18)24-16-22(26)25-20-9-6-10-21(15-20)27-2/h3-15,23-24H,16H2,1-2H3,(H,25,26)/t23-/m1/s1. The summed E-state index contributed by atoms with van der Waals surface area (Å²) in [6, 6.07) is 26.5. The van der Waals surface area contributed by atoms with E-state index in [1.54, 1.807) is 11.8 Å². The molecule has 3 rings (SSSR count). The zero-order valence-electron chi connectivity index (χ0n) is 15.6. The highest BCUT2D eigenvalue weighted by molar-refractivity contribution is 7.98. The number of nitrogens with one attached hydrogen (secondary N) is 2. The van der Waals surface area contributed by atoms with Crippen LogP contribution < -0.4 is 10.6 Å². The minimum atomic E-state index is -0.0544. The Kier molecular flexibility index (Phi) is 6.69. The Morgan fingerprint density at radius 1 is 0.926 bits per heavy atom. The number of carbonyl (C=O) groups is 1. The molecule has 0 bridgehead atoms. The van der Waals surface area contributed by atoms with Crippen molar-refractivity contribution < 1.29 is 4.79 Å². The Morgan fingerprint density at radius 3 is 2.33 bits per heavy atom. The molecule has 27 heavy (non-hydrogen) atoms. The summed E-state index contributed by atoms with van der Waals surface area (Å²) in [5.41, 5.74) is 4.32. The summed E-state index contributed by atoms with van der Waals surface area (Å²) in [4.78, 5) is 13.6. The number of carbonyl (C=O) groups excluding carboxylic acids is 1. The molecule has 138 valence electrons. The molecule has 3 aromatic rings. The first-order valence-corrected chi connectivity index (χ1v) is 10.2. The molecule has 0 saturated carbocycles. The van der Waals surface area contributed by atoms with Crippen molar-refractivity contribution in [2.24, 2.45) is 0 Å². The van der Waals surface area contributed by atoms with E-state index in [1.807, 2.05) is 48.7 Å². The van der Waals surface area contributed by atoms with Crippen molar-refractivity contribution in [3.8, 4) is 0 Å². The SMILES string of the molecule is CSc1cccc(NC(=O)CN[C@H](c2ccccc2)c2ccc(C)cc2)c1. The lowest BCUT2D eigenvalue weighted by molar-refractivity contribution is -0.115. The molecule has 2 N–H and O–H groups in total. The van der Waals surface area contributed by atoms with Gasteiger partial charge in [0.15, 0.2) is 0 Å². The lowest BCUT2D eigenvalue weighted by Gasteiger charge is -2.20. The van der Waals surface area contributed by atoms with Gasteiger partial charge in [-0.15, -0.1) is 11.8 Å². The minimum absolute atomic E-state index is 0.0323. The van der Waals surface area contributed by atoms with Crippen LogP contribution in [0.25, 0.3) is 0 Å². The number of rotatable bonds is 7. The molecule has 0 radical (unpaired) electrons. The number of anilines is 1. The first kappa shape index (κ1) is 19.2. The Hall–Kier alpha value is -2.56. The predicted octanol–water partition coefficient (Wildman–Crippen LogP) is 5.03. The maximum Gasteiger partial charge on any atom is 0.238 e. The number of hydrogen-bond donors (Lipinski definition) is 2. The van der Waals surface area contributed by atoms with Crippen molar-refractivity contribution in [2.75, 3.05) is 18.1 Å². The van der Waals surface area contributed by atoms with Crippen molar-refractivity contribution in [1.29, 1.82) is 0 Å². The van der Waals surface area contributed by atoms with Crippen LogP contribution in [0.15, 0.2) is 83.8 Å². The van der Waals surface area contributed by atoms with Crippen LogP contribution in [0.5, 0.6) is 0 Å².